The molecule has 7 heteroatoms. The highest BCUT2D eigenvalue weighted by Gasteiger charge is 2.46. The molecule has 0 unspecified atom stereocenters. The fourth-order valence-corrected chi connectivity index (χ4v) is 2.06. The van der Waals surface area contributed by atoms with Gasteiger partial charge in [-0.2, -0.15) is 0 Å². The van der Waals surface area contributed by atoms with Crippen LogP contribution < -0.4 is 10.6 Å². The largest absolute Gasteiger partial charge is 0.325 e. The third-order valence-corrected chi connectivity index (χ3v) is 3.34. The second-order valence-electron chi connectivity index (χ2n) is 4.96. The lowest BCUT2D eigenvalue weighted by Crippen LogP contribution is -2.47. The number of benzene rings is 1. The van der Waals surface area contributed by atoms with E-state index in [2.05, 4.69) is 10.6 Å². The zero-order valence-electron chi connectivity index (χ0n) is 11.1. The van der Waals surface area contributed by atoms with Gasteiger partial charge in [0.15, 0.2) is 0 Å². The molecule has 2 rings (SSSR count). The van der Waals surface area contributed by atoms with Gasteiger partial charge in [-0.05, 0) is 32.0 Å². The van der Waals surface area contributed by atoms with Gasteiger partial charge in [0.2, 0.25) is 5.91 Å². The lowest BCUT2D eigenvalue weighted by molar-refractivity contribution is -0.126. The quantitative estimate of drug-likeness (QED) is 0.832. The van der Waals surface area contributed by atoms with Gasteiger partial charge in [0.1, 0.15) is 12.1 Å². The maximum absolute atomic E-state index is 11.9. The molecule has 1 fully saturated rings. The van der Waals surface area contributed by atoms with Crippen molar-refractivity contribution >= 4 is 35.1 Å². The summed E-state index contributed by atoms with van der Waals surface area (Å²) >= 11 is 5.82. The van der Waals surface area contributed by atoms with Gasteiger partial charge in [-0.15, -0.1) is 0 Å². The molecular formula is C13H14ClN3O3. The smallest absolute Gasteiger partial charge is 0.324 e. The van der Waals surface area contributed by atoms with E-state index in [1.165, 1.54) is 4.90 Å². The van der Waals surface area contributed by atoms with Crippen LogP contribution in [-0.4, -0.2) is 34.8 Å². The average molecular weight is 296 g/mol. The van der Waals surface area contributed by atoms with Crippen molar-refractivity contribution in [3.8, 4) is 0 Å². The van der Waals surface area contributed by atoms with E-state index >= 15 is 0 Å². The Bertz CT molecular complexity index is 586. The highest BCUT2D eigenvalue weighted by Crippen LogP contribution is 2.21. The third-order valence-electron chi connectivity index (χ3n) is 3.11. The summed E-state index contributed by atoms with van der Waals surface area (Å²) in [5.41, 5.74) is -0.505. The average Bonchev–Trinajstić information content (AvgIpc) is 2.52. The zero-order valence-corrected chi connectivity index (χ0v) is 11.8. The van der Waals surface area contributed by atoms with E-state index in [4.69, 9.17) is 11.6 Å². The molecule has 0 aromatic heterocycles. The molecule has 1 aromatic carbocycles. The Hall–Kier alpha value is -2.08. The minimum Gasteiger partial charge on any atom is -0.324 e. The number of hydrogen-bond donors (Lipinski definition) is 2. The Morgan fingerprint density at radius 2 is 2.10 bits per heavy atom. The summed E-state index contributed by atoms with van der Waals surface area (Å²) in [6.45, 7) is 2.96. The molecule has 20 heavy (non-hydrogen) atoms. The second-order valence-corrected chi connectivity index (χ2v) is 5.40. The number of amides is 4. The van der Waals surface area contributed by atoms with Gasteiger partial charge in [-0.1, -0.05) is 17.7 Å². The number of urea groups is 1. The van der Waals surface area contributed by atoms with E-state index < -0.39 is 23.4 Å². The monoisotopic (exact) mass is 295 g/mol. The van der Waals surface area contributed by atoms with Crippen molar-refractivity contribution < 1.29 is 14.4 Å². The first kappa shape index (κ1) is 14.3. The van der Waals surface area contributed by atoms with Gasteiger partial charge < -0.3 is 10.2 Å². The van der Waals surface area contributed by atoms with Gasteiger partial charge in [0, 0.05) is 10.7 Å². The fourth-order valence-electron chi connectivity index (χ4n) is 1.87. The van der Waals surface area contributed by atoms with E-state index in [1.807, 2.05) is 0 Å². The minimum atomic E-state index is -1.04. The normalized spacial score (nSPS) is 17.1. The number of nitrogens with zero attached hydrogens (tertiary/aromatic N) is 1. The van der Waals surface area contributed by atoms with Crippen molar-refractivity contribution in [2.45, 2.75) is 19.4 Å². The van der Waals surface area contributed by atoms with Crippen LogP contribution in [0, 0.1) is 0 Å². The summed E-state index contributed by atoms with van der Waals surface area (Å²) in [6.07, 6.45) is 0. The summed E-state index contributed by atoms with van der Waals surface area (Å²) in [4.78, 5) is 36.3. The molecular weight excluding hydrogens is 282 g/mol. The van der Waals surface area contributed by atoms with Crippen molar-refractivity contribution in [2.75, 3.05) is 11.9 Å². The first-order valence-corrected chi connectivity index (χ1v) is 6.37. The molecule has 4 amide bonds. The Kier molecular flexibility index (Phi) is 3.67. The minimum absolute atomic E-state index is 0.211. The van der Waals surface area contributed by atoms with Crippen LogP contribution in [0.3, 0.4) is 0 Å². The fraction of sp³-hybridized carbons (Fsp3) is 0.308. The van der Waals surface area contributed by atoms with Crippen LogP contribution >= 0.6 is 11.6 Å². The number of carbonyl (C=O) groups excluding carboxylic acids is 3. The van der Waals surface area contributed by atoms with Crippen LogP contribution in [0.5, 0.6) is 0 Å². The summed E-state index contributed by atoms with van der Waals surface area (Å²) < 4.78 is 0. The first-order chi connectivity index (χ1) is 9.30. The second kappa shape index (κ2) is 5.13. The lowest BCUT2D eigenvalue weighted by atomic mass is 10.0. The summed E-state index contributed by atoms with van der Waals surface area (Å²) in [7, 11) is 0. The van der Waals surface area contributed by atoms with Crippen molar-refractivity contribution in [1.29, 1.82) is 0 Å². The topological polar surface area (TPSA) is 78.5 Å². The van der Waals surface area contributed by atoms with Crippen LogP contribution in [-0.2, 0) is 9.59 Å². The standard InChI is InChI=1S/C13H14ClN3O3/c1-13(2)11(19)16-12(20)17(13)7-10(18)15-9-5-3-4-8(14)6-9/h3-6H,7H2,1-2H3,(H,15,18)(H,16,19,20). The van der Waals surface area contributed by atoms with Crippen LogP contribution in [0.1, 0.15) is 13.8 Å². The van der Waals surface area contributed by atoms with Crippen molar-refractivity contribution in [2.24, 2.45) is 0 Å². The van der Waals surface area contributed by atoms with Crippen molar-refractivity contribution in [1.82, 2.24) is 10.2 Å². The molecule has 0 bridgehead atoms. The molecule has 2 N–H and O–H groups in total. The zero-order chi connectivity index (χ0) is 14.9. The summed E-state index contributed by atoms with van der Waals surface area (Å²) in [5, 5.41) is 5.31. The van der Waals surface area contributed by atoms with Gasteiger partial charge in [0.25, 0.3) is 5.91 Å². The number of carbonyl (C=O) groups is 3. The van der Waals surface area contributed by atoms with Gasteiger partial charge in [-0.3, -0.25) is 14.9 Å². The first-order valence-electron chi connectivity index (χ1n) is 5.99. The van der Waals surface area contributed by atoms with E-state index in [9.17, 15) is 14.4 Å². The van der Waals surface area contributed by atoms with Crippen molar-refractivity contribution in [3.63, 3.8) is 0 Å². The SMILES string of the molecule is CC1(C)C(=O)NC(=O)N1CC(=O)Nc1cccc(Cl)c1. The number of halogens is 1. The molecule has 6 nitrogen and oxygen atoms in total. The molecule has 1 aliphatic heterocycles. The molecule has 0 aliphatic carbocycles. The van der Waals surface area contributed by atoms with Crippen LogP contribution in [0.4, 0.5) is 10.5 Å². The predicted molar refractivity (Wildman–Crippen MR) is 74.4 cm³/mol. The number of imide groups is 1. The Labute approximate surface area is 121 Å². The van der Waals surface area contributed by atoms with E-state index in [0.717, 1.165) is 0 Å². The maximum atomic E-state index is 11.9. The Balaban J connectivity index is 2.05. The number of rotatable bonds is 3. The number of nitrogens with one attached hydrogen (secondary N) is 2. The summed E-state index contributed by atoms with van der Waals surface area (Å²) in [6, 6.07) is 6.10. The van der Waals surface area contributed by atoms with Crippen LogP contribution in [0.25, 0.3) is 0 Å². The molecule has 1 saturated heterocycles. The Morgan fingerprint density at radius 3 is 2.65 bits per heavy atom. The molecule has 0 saturated carbocycles. The molecule has 106 valence electrons. The highest BCUT2D eigenvalue weighted by atomic mass is 35.5. The number of anilines is 1. The molecule has 1 aliphatic rings. The predicted octanol–water partition coefficient (Wildman–Crippen LogP) is 1.61. The van der Waals surface area contributed by atoms with E-state index in [0.29, 0.717) is 10.7 Å². The van der Waals surface area contributed by atoms with Crippen molar-refractivity contribution in [3.05, 3.63) is 29.3 Å². The lowest BCUT2D eigenvalue weighted by Gasteiger charge is -2.27. The third kappa shape index (κ3) is 2.75. The molecule has 0 atom stereocenters. The van der Waals surface area contributed by atoms with Gasteiger partial charge >= 0.3 is 6.03 Å². The van der Waals surface area contributed by atoms with Crippen LogP contribution in [0.15, 0.2) is 24.3 Å². The van der Waals surface area contributed by atoms with Crippen LogP contribution in [0.2, 0.25) is 5.02 Å². The molecule has 1 aromatic rings. The highest BCUT2D eigenvalue weighted by molar-refractivity contribution is 6.30. The maximum Gasteiger partial charge on any atom is 0.325 e. The summed E-state index contributed by atoms with van der Waals surface area (Å²) in [5.74, 6) is -0.816. The molecule has 0 radical (unpaired) electrons. The van der Waals surface area contributed by atoms with E-state index in [-0.39, 0.29) is 6.54 Å². The van der Waals surface area contributed by atoms with Gasteiger partial charge in [-0.25, -0.2) is 4.79 Å². The van der Waals surface area contributed by atoms with Gasteiger partial charge in [0.05, 0.1) is 0 Å². The molecule has 0 spiro atoms. The van der Waals surface area contributed by atoms with E-state index in [1.54, 1.807) is 38.1 Å². The molecule has 1 heterocycles. The Morgan fingerprint density at radius 1 is 1.40 bits per heavy atom. The number of hydrogen-bond acceptors (Lipinski definition) is 3.